The number of para-hydroxylation sites is 1. The monoisotopic (exact) mass is 295 g/mol. The summed E-state index contributed by atoms with van der Waals surface area (Å²) in [7, 11) is 0. The van der Waals surface area contributed by atoms with E-state index in [-0.39, 0.29) is 5.91 Å². The Morgan fingerprint density at radius 1 is 1.10 bits per heavy atom. The Kier molecular flexibility index (Phi) is 3.83. The van der Waals surface area contributed by atoms with Crippen LogP contribution in [0.5, 0.6) is 0 Å². The fraction of sp³-hybridized carbons (Fsp3) is 0.0625. The summed E-state index contributed by atoms with van der Waals surface area (Å²) in [4.78, 5) is 13.0. The summed E-state index contributed by atoms with van der Waals surface area (Å²) in [6.45, 7) is 0. The molecule has 1 amide bonds. The molecule has 0 bridgehead atoms. The van der Waals surface area contributed by atoms with Gasteiger partial charge in [0.1, 0.15) is 0 Å². The Morgan fingerprint density at radius 2 is 1.86 bits per heavy atom. The first kappa shape index (κ1) is 13.6. The van der Waals surface area contributed by atoms with Crippen molar-refractivity contribution in [1.29, 1.82) is 0 Å². The number of amides is 1. The quantitative estimate of drug-likeness (QED) is 0.537. The average Bonchev–Trinajstić information content (AvgIpc) is 2.84. The molecule has 1 heterocycles. The van der Waals surface area contributed by atoms with Gasteiger partial charge in [0.05, 0.1) is 11.9 Å². The van der Waals surface area contributed by atoms with Crippen LogP contribution in [0.2, 0.25) is 0 Å². The van der Waals surface area contributed by atoms with E-state index in [0.29, 0.717) is 5.71 Å². The van der Waals surface area contributed by atoms with Gasteiger partial charge in [-0.2, -0.15) is 5.10 Å². The molecule has 2 aromatic rings. The minimum absolute atomic E-state index is 0.217. The third-order valence-electron chi connectivity index (χ3n) is 3.13. The average molecular weight is 295 g/mol. The Labute approximate surface area is 127 Å². The Bertz CT molecular complexity index is 735. The van der Waals surface area contributed by atoms with E-state index in [2.05, 4.69) is 15.5 Å². The number of benzene rings is 2. The molecule has 1 N–H and O–H groups in total. The van der Waals surface area contributed by atoms with Crippen molar-refractivity contribution in [2.75, 3.05) is 11.6 Å². The molecule has 0 saturated carbocycles. The molecule has 0 unspecified atom stereocenters. The van der Waals surface area contributed by atoms with Crippen molar-refractivity contribution >= 4 is 35.3 Å². The van der Waals surface area contributed by atoms with Crippen LogP contribution >= 0.6 is 11.8 Å². The van der Waals surface area contributed by atoms with Gasteiger partial charge in [-0.3, -0.25) is 4.79 Å². The van der Waals surface area contributed by atoms with E-state index in [1.165, 1.54) is 4.90 Å². The maximum absolute atomic E-state index is 11.8. The number of hydrogen-bond acceptors (Lipinski definition) is 4. The molecule has 0 aliphatic carbocycles. The zero-order valence-corrected chi connectivity index (χ0v) is 12.2. The third kappa shape index (κ3) is 2.87. The van der Waals surface area contributed by atoms with Crippen LogP contribution in [-0.4, -0.2) is 24.1 Å². The first-order valence-electron chi connectivity index (χ1n) is 6.44. The number of carbonyl (C=O) groups is 1. The minimum atomic E-state index is -0.217. The summed E-state index contributed by atoms with van der Waals surface area (Å²) in [5.41, 5.74) is 2.87. The Hall–Kier alpha value is -2.40. The first-order chi connectivity index (χ1) is 10.3. The molecule has 1 aliphatic heterocycles. The topological polar surface area (TPSA) is 53.8 Å². The van der Waals surface area contributed by atoms with E-state index in [0.717, 1.165) is 16.8 Å². The smallest absolute Gasteiger partial charge is 0.276 e. The molecule has 21 heavy (non-hydrogen) atoms. The van der Waals surface area contributed by atoms with Crippen LogP contribution in [0.15, 0.2) is 63.6 Å². The summed E-state index contributed by atoms with van der Waals surface area (Å²) in [5, 5.41) is 10.8. The maximum atomic E-state index is 11.8. The van der Waals surface area contributed by atoms with Crippen LogP contribution in [0, 0.1) is 0 Å². The van der Waals surface area contributed by atoms with Gasteiger partial charge in [-0.15, -0.1) is 16.9 Å². The number of nitrogens with zero attached hydrogens (tertiary/aromatic N) is 2. The van der Waals surface area contributed by atoms with E-state index in [1.54, 1.807) is 18.0 Å². The van der Waals surface area contributed by atoms with Gasteiger partial charge < -0.3 is 5.32 Å². The lowest BCUT2D eigenvalue weighted by Crippen LogP contribution is -2.13. The highest BCUT2D eigenvalue weighted by Crippen LogP contribution is 2.22. The number of carbonyl (C=O) groups excluding carboxylic acids is 1. The number of anilines is 1. The normalized spacial score (nSPS) is 15.5. The molecule has 0 fully saturated rings. The van der Waals surface area contributed by atoms with E-state index in [1.807, 2.05) is 54.8 Å². The summed E-state index contributed by atoms with van der Waals surface area (Å²) in [6.07, 6.45) is 3.68. The minimum Gasteiger partial charge on any atom is -0.320 e. The molecule has 0 radical (unpaired) electrons. The highest BCUT2D eigenvalue weighted by molar-refractivity contribution is 7.98. The van der Waals surface area contributed by atoms with Gasteiger partial charge in [-0.25, -0.2) is 0 Å². The van der Waals surface area contributed by atoms with E-state index >= 15 is 0 Å². The van der Waals surface area contributed by atoms with Gasteiger partial charge in [-0.1, -0.05) is 30.3 Å². The molecule has 0 saturated heterocycles. The van der Waals surface area contributed by atoms with Crippen molar-refractivity contribution < 1.29 is 4.79 Å². The van der Waals surface area contributed by atoms with Gasteiger partial charge in [-0.05, 0) is 30.0 Å². The van der Waals surface area contributed by atoms with Crippen molar-refractivity contribution in [3.8, 4) is 0 Å². The fourth-order valence-electron chi connectivity index (χ4n) is 2.04. The van der Waals surface area contributed by atoms with Crippen LogP contribution in [0.1, 0.15) is 11.1 Å². The zero-order chi connectivity index (χ0) is 14.7. The molecular formula is C16H13N3OS. The lowest BCUT2D eigenvalue weighted by molar-refractivity contribution is -0.110. The van der Waals surface area contributed by atoms with Crippen molar-refractivity contribution in [2.24, 2.45) is 10.2 Å². The lowest BCUT2D eigenvalue weighted by Gasteiger charge is -1.96. The second-order valence-electron chi connectivity index (χ2n) is 4.47. The number of rotatable bonds is 3. The van der Waals surface area contributed by atoms with Gasteiger partial charge in [0.25, 0.3) is 5.91 Å². The molecule has 0 spiro atoms. The second-order valence-corrected chi connectivity index (χ2v) is 5.35. The van der Waals surface area contributed by atoms with Crippen LogP contribution in [0.25, 0.3) is 0 Å². The highest BCUT2D eigenvalue weighted by atomic mass is 32.2. The van der Waals surface area contributed by atoms with Crippen molar-refractivity contribution in [3.63, 3.8) is 0 Å². The molecule has 5 heteroatoms. The number of fused-ring (bicyclic) bond motifs is 1. The molecule has 2 aromatic carbocycles. The van der Waals surface area contributed by atoms with Crippen molar-refractivity contribution in [1.82, 2.24) is 0 Å². The summed E-state index contributed by atoms with van der Waals surface area (Å²) in [5.74, 6) is -0.217. The molecule has 0 aromatic heterocycles. The lowest BCUT2D eigenvalue weighted by atomic mass is 10.1. The second kappa shape index (κ2) is 5.93. The van der Waals surface area contributed by atoms with Gasteiger partial charge in [0.2, 0.25) is 0 Å². The molecule has 0 atom stereocenters. The van der Waals surface area contributed by atoms with Gasteiger partial charge in [0, 0.05) is 10.5 Å². The Morgan fingerprint density at radius 3 is 2.62 bits per heavy atom. The van der Waals surface area contributed by atoms with Crippen molar-refractivity contribution in [3.05, 3.63) is 59.7 Å². The number of thioether (sulfide) groups is 1. The largest absolute Gasteiger partial charge is 0.320 e. The molecule has 104 valence electrons. The maximum Gasteiger partial charge on any atom is 0.276 e. The summed E-state index contributed by atoms with van der Waals surface area (Å²) in [6, 6.07) is 15.4. The Balaban J connectivity index is 1.82. The summed E-state index contributed by atoms with van der Waals surface area (Å²) >= 11 is 1.69. The first-order valence-corrected chi connectivity index (χ1v) is 7.66. The number of nitrogens with one attached hydrogen (secondary N) is 1. The predicted octanol–water partition coefficient (Wildman–Crippen LogP) is 3.18. The fourth-order valence-corrected chi connectivity index (χ4v) is 2.45. The molecule has 1 aliphatic rings. The van der Waals surface area contributed by atoms with Crippen LogP contribution in [0.4, 0.5) is 5.69 Å². The zero-order valence-electron chi connectivity index (χ0n) is 11.4. The molecule has 3 rings (SSSR count). The van der Waals surface area contributed by atoms with Gasteiger partial charge in [0.15, 0.2) is 5.71 Å². The van der Waals surface area contributed by atoms with E-state index < -0.39 is 0 Å². The highest BCUT2D eigenvalue weighted by Gasteiger charge is 2.25. The molecular weight excluding hydrogens is 282 g/mol. The molecule has 4 nitrogen and oxygen atoms in total. The number of hydrogen-bond donors (Lipinski definition) is 1. The summed E-state index contributed by atoms with van der Waals surface area (Å²) < 4.78 is 0. The van der Waals surface area contributed by atoms with E-state index in [9.17, 15) is 4.79 Å². The SMILES string of the molecule is CSc1ccc(/C=N/N=C2\C(=O)Nc3ccccc32)cc1. The van der Waals surface area contributed by atoms with Crippen LogP contribution in [-0.2, 0) is 4.79 Å². The third-order valence-corrected chi connectivity index (χ3v) is 3.87. The standard InChI is InChI=1S/C16H13N3OS/c1-21-12-8-6-11(7-9-12)10-17-19-15-13-4-2-3-5-14(13)18-16(15)20/h2-10H,1H3,(H,18,19,20)/b17-10+. The van der Waals surface area contributed by atoms with Crippen molar-refractivity contribution in [2.45, 2.75) is 4.90 Å². The van der Waals surface area contributed by atoms with E-state index in [4.69, 9.17) is 0 Å². The predicted molar refractivity (Wildman–Crippen MR) is 87.4 cm³/mol. The van der Waals surface area contributed by atoms with Crippen LogP contribution in [0.3, 0.4) is 0 Å². The van der Waals surface area contributed by atoms with Crippen LogP contribution < -0.4 is 5.32 Å². The van der Waals surface area contributed by atoms with Gasteiger partial charge >= 0.3 is 0 Å².